The molecule has 35 heavy (non-hydrogen) atoms. The SMILES string of the molecule is CCc1cc(-c2ccc(C(N)=O)o2)c(C)[nH]c1=O.CCc1cc(-c2ccc(CN)o2)c(C)[nH]c1=O. The Morgan fingerprint density at radius 1 is 0.829 bits per heavy atom. The highest BCUT2D eigenvalue weighted by Crippen LogP contribution is 2.25. The molecule has 0 bridgehead atoms. The highest BCUT2D eigenvalue weighted by atomic mass is 16.4. The van der Waals surface area contributed by atoms with Crippen molar-refractivity contribution >= 4 is 5.91 Å². The van der Waals surface area contributed by atoms with E-state index in [4.69, 9.17) is 20.3 Å². The molecule has 9 heteroatoms. The second-order valence-corrected chi connectivity index (χ2v) is 8.03. The van der Waals surface area contributed by atoms with Gasteiger partial charge in [-0.3, -0.25) is 14.4 Å². The fourth-order valence-electron chi connectivity index (χ4n) is 3.62. The van der Waals surface area contributed by atoms with Gasteiger partial charge in [-0.1, -0.05) is 13.8 Å². The molecule has 0 radical (unpaired) electrons. The van der Waals surface area contributed by atoms with E-state index in [9.17, 15) is 14.4 Å². The van der Waals surface area contributed by atoms with Crippen molar-refractivity contribution in [2.24, 2.45) is 11.5 Å². The Morgan fingerprint density at radius 3 is 1.71 bits per heavy atom. The Bertz CT molecular complexity index is 1460. The first-order chi connectivity index (χ1) is 16.7. The van der Waals surface area contributed by atoms with E-state index in [1.54, 1.807) is 19.1 Å². The number of carbonyl (C=O) groups excluding carboxylic acids is 1. The number of carbonyl (C=O) groups is 1. The first kappa shape index (κ1) is 25.5. The van der Waals surface area contributed by atoms with Gasteiger partial charge in [-0.2, -0.15) is 0 Å². The van der Waals surface area contributed by atoms with Gasteiger partial charge in [-0.25, -0.2) is 0 Å². The molecule has 0 unspecified atom stereocenters. The van der Waals surface area contributed by atoms with Crippen molar-refractivity contribution in [3.63, 3.8) is 0 Å². The summed E-state index contributed by atoms with van der Waals surface area (Å²) < 4.78 is 10.9. The maximum Gasteiger partial charge on any atom is 0.284 e. The molecule has 0 aromatic carbocycles. The van der Waals surface area contributed by atoms with E-state index >= 15 is 0 Å². The van der Waals surface area contributed by atoms with Crippen molar-refractivity contribution in [1.29, 1.82) is 0 Å². The number of amides is 1. The van der Waals surface area contributed by atoms with Crippen LogP contribution in [0.3, 0.4) is 0 Å². The van der Waals surface area contributed by atoms with Crippen LogP contribution in [0.2, 0.25) is 0 Å². The summed E-state index contributed by atoms with van der Waals surface area (Å²) in [6.07, 6.45) is 1.33. The normalized spacial score (nSPS) is 10.7. The van der Waals surface area contributed by atoms with Crippen LogP contribution in [-0.4, -0.2) is 15.9 Å². The molecule has 0 saturated carbocycles. The monoisotopic (exact) mass is 478 g/mol. The van der Waals surface area contributed by atoms with E-state index < -0.39 is 5.91 Å². The zero-order chi connectivity index (χ0) is 25.7. The number of H-pyrrole nitrogens is 2. The van der Waals surface area contributed by atoms with Gasteiger partial charge in [-0.15, -0.1) is 0 Å². The molecule has 0 aliphatic carbocycles. The molecule has 4 aromatic rings. The van der Waals surface area contributed by atoms with Crippen LogP contribution in [0.25, 0.3) is 22.6 Å². The number of aryl methyl sites for hydroxylation is 4. The van der Waals surface area contributed by atoms with Crippen LogP contribution in [0.15, 0.2) is 54.8 Å². The van der Waals surface area contributed by atoms with Crippen LogP contribution in [0.1, 0.15) is 52.7 Å². The van der Waals surface area contributed by atoms with Crippen LogP contribution in [0.5, 0.6) is 0 Å². The maximum absolute atomic E-state index is 11.6. The minimum absolute atomic E-state index is 0.0284. The number of primary amides is 1. The lowest BCUT2D eigenvalue weighted by molar-refractivity contribution is 0.0974. The standard InChI is InChI=1S/C13H14N2O3.C13H16N2O2/c1-3-8-6-9(7(2)15-13(8)17)10-4-5-11(18-10)12(14)16;1-3-9-6-11(8(2)15-13(9)16)12-5-4-10(7-14)17-12/h4-6H,3H2,1-2H3,(H2,14,16)(H,15,17);4-6H,3,7,14H2,1-2H3,(H,15,16). The minimum atomic E-state index is -0.612. The number of aromatic nitrogens is 2. The van der Waals surface area contributed by atoms with Crippen LogP contribution in [0, 0.1) is 13.8 Å². The van der Waals surface area contributed by atoms with Gasteiger partial charge in [-0.05, 0) is 63.1 Å². The van der Waals surface area contributed by atoms with Crippen molar-refractivity contribution in [1.82, 2.24) is 9.97 Å². The topological polar surface area (TPSA) is 161 Å². The summed E-state index contributed by atoms with van der Waals surface area (Å²) in [7, 11) is 0. The molecule has 0 aliphatic rings. The largest absolute Gasteiger partial charge is 0.460 e. The number of nitrogens with one attached hydrogen (secondary N) is 2. The second kappa shape index (κ2) is 10.9. The molecule has 4 rings (SSSR count). The summed E-state index contributed by atoms with van der Waals surface area (Å²) in [4.78, 5) is 39.8. The molecule has 6 N–H and O–H groups in total. The molecule has 9 nitrogen and oxygen atoms in total. The van der Waals surface area contributed by atoms with Gasteiger partial charge in [0.25, 0.3) is 17.0 Å². The third-order valence-electron chi connectivity index (χ3n) is 5.63. The van der Waals surface area contributed by atoms with Gasteiger partial charge >= 0.3 is 0 Å². The van der Waals surface area contributed by atoms with Gasteiger partial charge in [0.05, 0.1) is 6.54 Å². The molecule has 1 amide bonds. The lowest BCUT2D eigenvalue weighted by Crippen LogP contribution is -2.13. The number of pyridine rings is 2. The van der Waals surface area contributed by atoms with E-state index in [2.05, 4.69) is 9.97 Å². The number of furan rings is 2. The van der Waals surface area contributed by atoms with Gasteiger partial charge in [0.2, 0.25) is 0 Å². The number of nitrogens with two attached hydrogens (primary N) is 2. The van der Waals surface area contributed by atoms with Gasteiger partial charge in [0.1, 0.15) is 17.3 Å². The van der Waals surface area contributed by atoms with Gasteiger partial charge < -0.3 is 30.3 Å². The Morgan fingerprint density at radius 2 is 1.31 bits per heavy atom. The lowest BCUT2D eigenvalue weighted by Gasteiger charge is -2.05. The molecular formula is C26H30N4O5. The summed E-state index contributed by atoms with van der Waals surface area (Å²) in [6, 6.07) is 10.6. The summed E-state index contributed by atoms with van der Waals surface area (Å²) in [5.41, 5.74) is 15.1. The molecule has 4 heterocycles. The van der Waals surface area contributed by atoms with Crippen molar-refractivity contribution < 1.29 is 13.6 Å². The molecular weight excluding hydrogens is 448 g/mol. The predicted molar refractivity (Wildman–Crippen MR) is 134 cm³/mol. The number of hydrogen-bond acceptors (Lipinski definition) is 6. The minimum Gasteiger partial charge on any atom is -0.460 e. The molecule has 0 aliphatic heterocycles. The molecule has 184 valence electrons. The van der Waals surface area contributed by atoms with E-state index in [0.717, 1.165) is 33.9 Å². The van der Waals surface area contributed by atoms with Crippen molar-refractivity contribution in [3.8, 4) is 22.6 Å². The quantitative estimate of drug-likeness (QED) is 0.331. The highest BCUT2D eigenvalue weighted by Gasteiger charge is 2.13. The Balaban J connectivity index is 0.000000196. The summed E-state index contributed by atoms with van der Waals surface area (Å²) in [5.74, 6) is 1.50. The van der Waals surface area contributed by atoms with Crippen molar-refractivity contribution in [2.45, 2.75) is 47.1 Å². The van der Waals surface area contributed by atoms with Crippen LogP contribution < -0.4 is 22.6 Å². The average molecular weight is 479 g/mol. The zero-order valence-corrected chi connectivity index (χ0v) is 20.3. The molecule has 0 fully saturated rings. The van der Waals surface area contributed by atoms with Gasteiger partial charge in [0.15, 0.2) is 5.76 Å². The fourth-order valence-corrected chi connectivity index (χ4v) is 3.62. The third-order valence-corrected chi connectivity index (χ3v) is 5.63. The van der Waals surface area contributed by atoms with Gasteiger partial charge in [0, 0.05) is 33.6 Å². The Kier molecular flexibility index (Phi) is 7.93. The first-order valence-corrected chi connectivity index (χ1v) is 11.3. The Hall–Kier alpha value is -4.11. The van der Waals surface area contributed by atoms with Crippen molar-refractivity contribution in [3.05, 3.63) is 91.1 Å². The fraction of sp³-hybridized carbons (Fsp3) is 0.269. The second-order valence-electron chi connectivity index (χ2n) is 8.03. The zero-order valence-electron chi connectivity index (χ0n) is 20.3. The predicted octanol–water partition coefficient (Wildman–Crippen LogP) is 3.57. The molecule has 0 saturated heterocycles. The smallest absolute Gasteiger partial charge is 0.284 e. The molecule has 0 spiro atoms. The number of hydrogen-bond donors (Lipinski definition) is 4. The number of rotatable bonds is 6. The summed E-state index contributed by atoms with van der Waals surface area (Å²) >= 11 is 0. The maximum atomic E-state index is 11.6. The summed E-state index contributed by atoms with van der Waals surface area (Å²) in [6.45, 7) is 7.88. The lowest BCUT2D eigenvalue weighted by atomic mass is 10.1. The van der Waals surface area contributed by atoms with E-state index in [1.165, 1.54) is 6.07 Å². The summed E-state index contributed by atoms with van der Waals surface area (Å²) in [5, 5.41) is 0. The highest BCUT2D eigenvalue weighted by molar-refractivity contribution is 5.90. The number of aromatic amines is 2. The van der Waals surface area contributed by atoms with Crippen LogP contribution in [0.4, 0.5) is 0 Å². The molecule has 0 atom stereocenters. The Labute approximate surface area is 202 Å². The van der Waals surface area contributed by atoms with E-state index in [1.807, 2.05) is 39.0 Å². The van der Waals surface area contributed by atoms with Crippen molar-refractivity contribution in [2.75, 3.05) is 0 Å². The van der Waals surface area contributed by atoms with E-state index in [-0.39, 0.29) is 16.9 Å². The van der Waals surface area contributed by atoms with Crippen LogP contribution in [-0.2, 0) is 19.4 Å². The molecule has 4 aromatic heterocycles. The average Bonchev–Trinajstić information content (AvgIpc) is 3.50. The first-order valence-electron chi connectivity index (χ1n) is 11.3. The third kappa shape index (κ3) is 5.70. The van der Waals surface area contributed by atoms with E-state index in [0.29, 0.717) is 36.4 Å². The van der Waals surface area contributed by atoms with Crippen LogP contribution >= 0.6 is 0 Å².